The number of carbonyl (C=O) groups excluding carboxylic acids is 3. The maximum absolute atomic E-state index is 12.6. The number of nitrogens with one attached hydrogen (secondary N) is 1. The van der Waals surface area contributed by atoms with Crippen molar-refractivity contribution in [1.82, 2.24) is 10.2 Å². The van der Waals surface area contributed by atoms with E-state index in [2.05, 4.69) is 33.7 Å². The number of amides is 2. The first-order valence-electron chi connectivity index (χ1n) is 12.9. The van der Waals surface area contributed by atoms with E-state index < -0.39 is 35.7 Å². The Morgan fingerprint density at radius 2 is 1.73 bits per heavy atom. The highest BCUT2D eigenvalue weighted by Crippen LogP contribution is 2.14. The number of aliphatic hydroxyl groups excluding tert-OH is 2. The second kappa shape index (κ2) is 16.1. The smallest absolute Gasteiger partial charge is 0.410 e. The number of rotatable bonds is 11. The zero-order valence-corrected chi connectivity index (χ0v) is 23.9. The van der Waals surface area contributed by atoms with Gasteiger partial charge >= 0.3 is 12.1 Å². The zero-order valence-electron chi connectivity index (χ0n) is 23.9. The average molecular weight is 569 g/mol. The van der Waals surface area contributed by atoms with Crippen LogP contribution in [0.4, 0.5) is 4.79 Å². The minimum absolute atomic E-state index is 0.109. The first-order chi connectivity index (χ1) is 19.4. The van der Waals surface area contributed by atoms with Crippen LogP contribution in [0.3, 0.4) is 0 Å². The highest BCUT2D eigenvalue weighted by molar-refractivity contribution is 5.97. The molecular formula is C30H36N2O9. The van der Waals surface area contributed by atoms with Crippen LogP contribution in [0, 0.1) is 23.7 Å². The van der Waals surface area contributed by atoms with Crippen LogP contribution in [-0.2, 0) is 25.5 Å². The molecule has 0 aliphatic carbocycles. The van der Waals surface area contributed by atoms with Crippen molar-refractivity contribution in [2.75, 3.05) is 33.5 Å². The summed E-state index contributed by atoms with van der Waals surface area (Å²) in [6.07, 6.45) is -1.64. The molecule has 1 aromatic heterocycles. The lowest BCUT2D eigenvalue weighted by Crippen LogP contribution is -2.48. The van der Waals surface area contributed by atoms with Crippen molar-refractivity contribution >= 4 is 18.0 Å². The van der Waals surface area contributed by atoms with Gasteiger partial charge in [0.1, 0.15) is 11.4 Å². The molecule has 0 unspecified atom stereocenters. The van der Waals surface area contributed by atoms with Crippen LogP contribution in [0.2, 0.25) is 0 Å². The minimum Gasteiger partial charge on any atom is -0.467 e. The number of aliphatic hydroxyl groups is 2. The van der Waals surface area contributed by atoms with Gasteiger partial charge in [-0.15, -0.1) is 0 Å². The van der Waals surface area contributed by atoms with Crippen molar-refractivity contribution in [3.63, 3.8) is 0 Å². The molecular weight excluding hydrogens is 532 g/mol. The number of ether oxygens (including phenoxy) is 3. The summed E-state index contributed by atoms with van der Waals surface area (Å²) in [6.45, 7) is 7.38. The molecule has 220 valence electrons. The molecule has 11 nitrogen and oxygen atoms in total. The van der Waals surface area contributed by atoms with Crippen LogP contribution in [0.15, 0.2) is 40.8 Å². The molecule has 41 heavy (non-hydrogen) atoms. The molecule has 0 saturated carbocycles. The van der Waals surface area contributed by atoms with E-state index in [0.29, 0.717) is 17.1 Å². The van der Waals surface area contributed by atoms with Gasteiger partial charge in [0.2, 0.25) is 0 Å². The van der Waals surface area contributed by atoms with Crippen LogP contribution in [0.5, 0.6) is 0 Å². The highest BCUT2D eigenvalue weighted by Gasteiger charge is 2.27. The summed E-state index contributed by atoms with van der Waals surface area (Å²) >= 11 is 0. The van der Waals surface area contributed by atoms with Crippen molar-refractivity contribution in [1.29, 1.82) is 0 Å². The lowest BCUT2D eigenvalue weighted by atomic mass is 10.1. The predicted octanol–water partition coefficient (Wildman–Crippen LogP) is 2.08. The van der Waals surface area contributed by atoms with Gasteiger partial charge in [-0.05, 0) is 81.9 Å². The van der Waals surface area contributed by atoms with Crippen LogP contribution in [-0.4, -0.2) is 84.3 Å². The van der Waals surface area contributed by atoms with Crippen LogP contribution >= 0.6 is 0 Å². The first kappa shape index (κ1) is 32.9. The molecule has 0 spiro atoms. The van der Waals surface area contributed by atoms with Crippen molar-refractivity contribution in [2.24, 2.45) is 0 Å². The van der Waals surface area contributed by atoms with Crippen LogP contribution in [0.25, 0.3) is 0 Å². The average Bonchev–Trinajstić information content (AvgIpc) is 3.37. The normalized spacial score (nSPS) is 12.1. The lowest BCUT2D eigenvalue weighted by Gasteiger charge is -2.26. The number of hydrogen-bond donors (Lipinski definition) is 3. The molecule has 0 radical (unpaired) electrons. The van der Waals surface area contributed by atoms with Gasteiger partial charge in [0.15, 0.2) is 11.8 Å². The van der Waals surface area contributed by atoms with Crippen LogP contribution < -0.4 is 5.32 Å². The number of benzene rings is 1. The minimum atomic E-state index is -1.18. The van der Waals surface area contributed by atoms with Gasteiger partial charge in [-0.1, -0.05) is 5.92 Å². The van der Waals surface area contributed by atoms with Gasteiger partial charge < -0.3 is 34.2 Å². The van der Waals surface area contributed by atoms with Crippen molar-refractivity contribution in [2.45, 2.75) is 52.0 Å². The van der Waals surface area contributed by atoms with Crippen molar-refractivity contribution in [3.05, 3.63) is 59.0 Å². The molecule has 1 heterocycles. The number of nitrogens with zero attached hydrogens (tertiary/aromatic N) is 1. The maximum Gasteiger partial charge on any atom is 0.410 e. The molecule has 0 aliphatic rings. The Balaban J connectivity index is 2.01. The van der Waals surface area contributed by atoms with E-state index >= 15 is 0 Å². The number of methoxy groups -OCH3 is 1. The van der Waals surface area contributed by atoms with Crippen LogP contribution in [0.1, 0.15) is 55.1 Å². The fourth-order valence-corrected chi connectivity index (χ4v) is 3.25. The quantitative estimate of drug-likeness (QED) is 0.211. The topological polar surface area (TPSA) is 148 Å². The Morgan fingerprint density at radius 3 is 2.34 bits per heavy atom. The van der Waals surface area contributed by atoms with Gasteiger partial charge in [0.05, 0.1) is 39.6 Å². The van der Waals surface area contributed by atoms with Crippen molar-refractivity contribution in [3.8, 4) is 23.7 Å². The Bertz CT molecular complexity index is 1290. The molecule has 1 aromatic carbocycles. The lowest BCUT2D eigenvalue weighted by molar-refractivity contribution is -0.145. The van der Waals surface area contributed by atoms with Gasteiger partial charge in [0, 0.05) is 17.7 Å². The number of esters is 1. The fraction of sp³-hybridized carbons (Fsp3) is 0.433. The zero-order chi connectivity index (χ0) is 30.4. The Hall–Kier alpha value is -4.29. The maximum atomic E-state index is 12.6. The molecule has 0 aliphatic heterocycles. The monoisotopic (exact) mass is 568 g/mol. The number of carbonyl (C=O) groups is 3. The summed E-state index contributed by atoms with van der Waals surface area (Å²) in [5.74, 6) is 10.6. The molecule has 3 N–H and O–H groups in total. The Morgan fingerprint density at radius 1 is 1.05 bits per heavy atom. The largest absolute Gasteiger partial charge is 0.467 e. The summed E-state index contributed by atoms with van der Waals surface area (Å²) in [6, 6.07) is 8.51. The Kier molecular flexibility index (Phi) is 12.9. The summed E-state index contributed by atoms with van der Waals surface area (Å²) in [4.78, 5) is 38.2. The predicted molar refractivity (Wildman–Crippen MR) is 148 cm³/mol. The molecule has 2 aromatic rings. The summed E-state index contributed by atoms with van der Waals surface area (Å²) in [5, 5.41) is 21.0. The highest BCUT2D eigenvalue weighted by atomic mass is 16.6. The Labute approximate surface area is 239 Å². The third-order valence-electron chi connectivity index (χ3n) is 5.23. The first-order valence-corrected chi connectivity index (χ1v) is 12.9. The van der Waals surface area contributed by atoms with E-state index in [-0.39, 0.29) is 38.5 Å². The summed E-state index contributed by atoms with van der Waals surface area (Å²) in [5.41, 5.74) is 0.214. The molecule has 2 amide bonds. The van der Waals surface area contributed by atoms with E-state index in [1.807, 2.05) is 0 Å². The summed E-state index contributed by atoms with van der Waals surface area (Å²) < 4.78 is 21.1. The number of hydrogen-bond acceptors (Lipinski definition) is 9. The van der Waals surface area contributed by atoms with Crippen molar-refractivity contribution < 1.29 is 43.2 Å². The van der Waals surface area contributed by atoms with Gasteiger partial charge in [-0.3, -0.25) is 9.69 Å². The second-order valence-corrected chi connectivity index (χ2v) is 9.80. The van der Waals surface area contributed by atoms with E-state index in [1.165, 1.54) is 31.1 Å². The second-order valence-electron chi connectivity index (χ2n) is 9.80. The third-order valence-corrected chi connectivity index (χ3v) is 5.23. The van der Waals surface area contributed by atoms with E-state index in [1.54, 1.807) is 45.0 Å². The van der Waals surface area contributed by atoms with E-state index in [4.69, 9.17) is 19.0 Å². The fourth-order valence-electron chi connectivity index (χ4n) is 3.25. The SMILES string of the molecule is COC(=O)[C@@H](NC(=O)c1ccc(C#CC#Cc2ccc(CN(CCOCCO)C(=O)OC(C)(C)C)o2)cc1)[C@@H](C)O. The molecule has 2 rings (SSSR count). The molecule has 11 heteroatoms. The van der Waals surface area contributed by atoms with Gasteiger partial charge in [0.25, 0.3) is 5.91 Å². The molecule has 0 fully saturated rings. The van der Waals surface area contributed by atoms with Gasteiger partial charge in [-0.25, -0.2) is 9.59 Å². The van der Waals surface area contributed by atoms with E-state index in [0.717, 1.165) is 0 Å². The van der Waals surface area contributed by atoms with E-state index in [9.17, 15) is 19.5 Å². The third kappa shape index (κ3) is 11.8. The molecule has 0 bridgehead atoms. The summed E-state index contributed by atoms with van der Waals surface area (Å²) in [7, 11) is 1.17. The standard InChI is InChI=1S/C30H36N2O9/c1-21(34)26(28(36)38-5)31-27(35)23-12-10-22(11-13-23)8-6-7-9-24-14-15-25(40-24)20-32(16-18-39-19-17-33)29(37)41-30(2,3)4/h10-15,21,26,33-34H,16-20H2,1-5H3,(H,31,35)/t21-,26+/m1/s1. The number of furan rings is 1. The molecule has 0 saturated heterocycles. The van der Waals surface area contributed by atoms with Gasteiger partial charge in [-0.2, -0.15) is 0 Å². The molecule has 2 atom stereocenters.